The average molecular weight is 1970 g/mol. The molecule has 0 fully saturated rings. The van der Waals surface area contributed by atoms with Gasteiger partial charge in [0.25, 0.3) is 0 Å². The summed E-state index contributed by atoms with van der Waals surface area (Å²) in [6, 6.07) is 170. The van der Waals surface area contributed by atoms with Gasteiger partial charge in [0.1, 0.15) is 33.5 Å². The molecule has 9 heterocycles. The highest BCUT2D eigenvalue weighted by molar-refractivity contribution is 7.27. The summed E-state index contributed by atoms with van der Waals surface area (Å²) in [5, 5.41) is 13.3. The molecule has 0 radical (unpaired) electrons. The molecule has 0 saturated heterocycles. The Morgan fingerprint density at radius 2 is 0.353 bits per heavy atom. The third-order valence-corrected chi connectivity index (χ3v) is 31.7. The van der Waals surface area contributed by atoms with Crippen molar-refractivity contribution in [3.8, 4) is 169 Å². The van der Waals surface area contributed by atoms with E-state index in [2.05, 4.69) is 346 Å². The lowest BCUT2D eigenvalue weighted by atomic mass is 9.97. The van der Waals surface area contributed by atoms with Crippen LogP contribution in [0.4, 0.5) is 0 Å². The van der Waals surface area contributed by atoms with E-state index < -0.39 is 0 Å². The Morgan fingerprint density at radius 1 is 0.127 bits per heavy atom. The summed E-state index contributed by atoms with van der Waals surface area (Å²) in [6.45, 7) is 0. The number of benzene rings is 21. The lowest BCUT2D eigenvalue weighted by Gasteiger charge is -2.10. The SMILES string of the molecule is c1ccc(-c2ccc(-c3ccc4oc5cccc(-c6nc(-c7ccccc7)nc(-c7cccc8c7sc7ccccc78)n6)c5c4c3)cc2)cc1.c1ccc(-c2ccc(-c3ccc4oc5cccc(-c6nc(-c7ccccc7)nc(-c7cccc8sc9ccccc9c78)n6)c5c4c3)cc2)cc1.c1ccc(-c2cccc(-c3ccc4oc5cccc(-c6nc(-c7ccccc7)nc(-c7cccc8c7sc7ccccc78)n6)c5c4c3)c2)cc1. The molecule has 0 aliphatic heterocycles. The van der Waals surface area contributed by atoms with Crippen LogP contribution in [0.15, 0.2) is 505 Å². The summed E-state index contributed by atoms with van der Waals surface area (Å²) < 4.78 is 26.6. The first-order valence-corrected chi connectivity index (χ1v) is 52.3. The van der Waals surface area contributed by atoms with E-state index in [4.69, 9.17) is 58.1 Å². The lowest BCUT2D eigenvalue weighted by molar-refractivity contribution is 0.668. The molecule has 9 aromatic heterocycles. The molecule has 0 aliphatic rings. The van der Waals surface area contributed by atoms with E-state index in [1.165, 1.54) is 93.9 Å². The highest BCUT2D eigenvalue weighted by Crippen LogP contribution is 2.49. The summed E-state index contributed by atoms with van der Waals surface area (Å²) in [5.41, 5.74) is 27.3. The molecule has 0 saturated carbocycles. The molecule has 30 aromatic rings. The topological polar surface area (TPSA) is 155 Å². The monoisotopic (exact) mass is 1970 g/mol. The minimum Gasteiger partial charge on any atom is -0.456 e. The average Bonchev–Trinajstić information content (AvgIpc) is 1.58. The molecule has 0 atom stereocenters. The third-order valence-electron chi connectivity index (χ3n) is 28.1. The van der Waals surface area contributed by atoms with E-state index >= 15 is 0 Å². The number of aromatic nitrogens is 9. The fourth-order valence-electron chi connectivity index (χ4n) is 20.9. The predicted octanol–water partition coefficient (Wildman–Crippen LogP) is 37.4. The number of furan rings is 3. The second-order valence-corrected chi connectivity index (χ2v) is 40.4. The molecule has 30 rings (SSSR count). The maximum atomic E-state index is 6.45. The zero-order valence-electron chi connectivity index (χ0n) is 80.2. The second-order valence-electron chi connectivity index (χ2n) is 37.2. The zero-order chi connectivity index (χ0) is 99.1. The standard InChI is InChI=1S/3C45H27N3OS/c1-3-12-28(13-4-1)30-16-9-17-31(26-30)32-24-25-38-37(27-32)41-35(20-11-22-39(41)49-38)44-46-43(29-14-5-2-6-15-29)47-45(48-44)36-21-10-19-34-33-18-7-8-23-40(33)50-42(34)36;1-3-11-28(12-4-1)29-21-23-30(24-22-29)32-25-26-38-37(27-32)41-35(17-10-19-39(41)49-38)44-46-43(31-13-5-2-6-14-31)47-45(48-44)36-18-9-16-34-33-15-7-8-20-40(33)50-42(34)36;1-3-11-28(12-4-1)29-21-23-30(24-22-29)32-25-26-37-36(27-32)41-34(16-9-18-38(41)49-37)44-46-43(31-13-5-2-6-14-31)47-45(48-44)35-17-10-20-40-42(35)33-15-7-8-19-39(33)50-40/h3*1-27H. The Bertz CT molecular complexity index is 10500. The van der Waals surface area contributed by atoms with Crippen LogP contribution in [0.1, 0.15) is 0 Å². The van der Waals surface area contributed by atoms with Gasteiger partial charge in [-0.25, -0.2) is 44.9 Å². The second kappa shape index (κ2) is 37.7. The van der Waals surface area contributed by atoms with Crippen molar-refractivity contribution in [3.05, 3.63) is 491 Å². The van der Waals surface area contributed by atoms with E-state index in [1.54, 1.807) is 34.0 Å². The summed E-state index contributed by atoms with van der Waals surface area (Å²) >= 11 is 5.34. The Balaban J connectivity index is 0.000000108. The molecule has 0 spiro atoms. The number of fused-ring (bicyclic) bond motifs is 18. The van der Waals surface area contributed by atoms with Crippen molar-refractivity contribution in [2.45, 2.75) is 0 Å². The van der Waals surface area contributed by atoms with Gasteiger partial charge in [-0.1, -0.05) is 394 Å². The van der Waals surface area contributed by atoms with Gasteiger partial charge in [0.05, 0.1) is 0 Å². The van der Waals surface area contributed by atoms with Crippen molar-refractivity contribution in [1.29, 1.82) is 0 Å². The van der Waals surface area contributed by atoms with Crippen molar-refractivity contribution in [2.75, 3.05) is 0 Å². The van der Waals surface area contributed by atoms with Crippen LogP contribution in [0.2, 0.25) is 0 Å². The van der Waals surface area contributed by atoms with Gasteiger partial charge in [-0.05, 0) is 164 Å². The molecule has 0 amide bonds. The van der Waals surface area contributed by atoms with Gasteiger partial charge in [-0.3, -0.25) is 0 Å². The molecular formula is C135H81N9O3S3. The molecule has 0 unspecified atom stereocenters. The van der Waals surface area contributed by atoms with Crippen LogP contribution in [0.5, 0.6) is 0 Å². The Morgan fingerprint density at radius 3 is 0.727 bits per heavy atom. The Hall–Kier alpha value is -19.3. The van der Waals surface area contributed by atoms with Gasteiger partial charge in [0, 0.05) is 143 Å². The molecule has 0 bridgehead atoms. The number of hydrogen-bond donors (Lipinski definition) is 0. The van der Waals surface area contributed by atoms with Crippen LogP contribution in [0, 0.1) is 0 Å². The zero-order valence-corrected chi connectivity index (χ0v) is 82.7. The van der Waals surface area contributed by atoms with Crippen LogP contribution < -0.4 is 0 Å². The van der Waals surface area contributed by atoms with Crippen molar-refractivity contribution in [1.82, 2.24) is 44.9 Å². The summed E-state index contributed by atoms with van der Waals surface area (Å²) in [5.74, 6) is 5.66. The maximum Gasteiger partial charge on any atom is 0.165 e. The van der Waals surface area contributed by atoms with E-state index in [9.17, 15) is 0 Å². The van der Waals surface area contributed by atoms with Gasteiger partial charge < -0.3 is 13.3 Å². The first-order valence-electron chi connectivity index (χ1n) is 49.8. The number of nitrogens with zero attached hydrogens (tertiary/aromatic N) is 9. The predicted molar refractivity (Wildman–Crippen MR) is 622 cm³/mol. The molecule has 702 valence electrons. The van der Waals surface area contributed by atoms with E-state index in [-0.39, 0.29) is 0 Å². The van der Waals surface area contributed by atoms with Crippen LogP contribution in [-0.2, 0) is 0 Å². The smallest absolute Gasteiger partial charge is 0.165 e. The van der Waals surface area contributed by atoms with Crippen LogP contribution in [0.25, 0.3) is 296 Å². The Kier molecular flexibility index (Phi) is 22.2. The quantitative estimate of drug-likeness (QED) is 0.0959. The minimum atomic E-state index is 0.608. The van der Waals surface area contributed by atoms with Crippen molar-refractivity contribution >= 4 is 160 Å². The maximum absolute atomic E-state index is 6.45. The van der Waals surface area contributed by atoms with Crippen LogP contribution >= 0.6 is 34.0 Å². The van der Waals surface area contributed by atoms with Crippen LogP contribution in [-0.4, -0.2) is 44.9 Å². The number of thiophene rings is 3. The number of rotatable bonds is 15. The van der Waals surface area contributed by atoms with E-state index in [0.717, 1.165) is 149 Å². The van der Waals surface area contributed by atoms with Gasteiger partial charge in [-0.2, -0.15) is 0 Å². The van der Waals surface area contributed by atoms with E-state index in [0.29, 0.717) is 52.4 Å². The molecule has 15 heteroatoms. The lowest BCUT2D eigenvalue weighted by Crippen LogP contribution is -2.00. The van der Waals surface area contributed by atoms with Gasteiger partial charge >= 0.3 is 0 Å². The minimum absolute atomic E-state index is 0.608. The first kappa shape index (κ1) is 88.4. The van der Waals surface area contributed by atoms with Crippen molar-refractivity contribution in [3.63, 3.8) is 0 Å². The highest BCUT2D eigenvalue weighted by atomic mass is 32.1. The summed E-state index contributed by atoms with van der Waals surface area (Å²) in [4.78, 5) is 46.3. The van der Waals surface area contributed by atoms with Gasteiger partial charge in [-0.15, -0.1) is 34.0 Å². The molecule has 0 N–H and O–H groups in total. The normalized spacial score (nSPS) is 11.6. The summed E-state index contributed by atoms with van der Waals surface area (Å²) in [6.07, 6.45) is 0. The summed E-state index contributed by atoms with van der Waals surface area (Å²) in [7, 11) is 0. The highest BCUT2D eigenvalue weighted by Gasteiger charge is 2.27. The van der Waals surface area contributed by atoms with Crippen molar-refractivity contribution in [2.24, 2.45) is 0 Å². The third kappa shape index (κ3) is 16.3. The van der Waals surface area contributed by atoms with E-state index in [1.807, 2.05) is 146 Å². The molecular weight excluding hydrogens is 1890 g/mol. The Labute approximate surface area is 872 Å². The van der Waals surface area contributed by atoms with Crippen molar-refractivity contribution < 1.29 is 13.3 Å². The fourth-order valence-corrected chi connectivity index (χ4v) is 24.4. The van der Waals surface area contributed by atoms with Gasteiger partial charge in [0.2, 0.25) is 0 Å². The fraction of sp³-hybridized carbons (Fsp3) is 0. The first-order chi connectivity index (χ1) is 74.3. The molecule has 12 nitrogen and oxygen atoms in total. The largest absolute Gasteiger partial charge is 0.456 e. The van der Waals surface area contributed by atoms with Crippen LogP contribution in [0.3, 0.4) is 0 Å². The molecule has 21 aromatic carbocycles. The van der Waals surface area contributed by atoms with Gasteiger partial charge in [0.15, 0.2) is 52.4 Å². The molecule has 0 aliphatic carbocycles. The molecule has 150 heavy (non-hydrogen) atoms. The number of hydrogen-bond acceptors (Lipinski definition) is 15.